The number of nitrogens with one attached hydrogen (secondary N) is 2. The minimum atomic E-state index is -0.488. The van der Waals surface area contributed by atoms with Gasteiger partial charge in [0, 0.05) is 18.5 Å². The fraction of sp³-hybridized carbons (Fsp3) is 0.154. The predicted molar refractivity (Wildman–Crippen MR) is 129 cm³/mol. The first-order chi connectivity index (χ1) is 16.1. The third-order valence-electron chi connectivity index (χ3n) is 5.34. The molecule has 7 nitrogen and oxygen atoms in total. The second kappa shape index (κ2) is 9.91. The second-order valence-corrected chi connectivity index (χ2v) is 7.51. The maximum Gasteiger partial charge on any atom is 0.276 e. The molecule has 1 heterocycles. The molecule has 4 rings (SSSR count). The summed E-state index contributed by atoms with van der Waals surface area (Å²) in [6, 6.07) is 23.6. The molecule has 0 aliphatic rings. The molecule has 1 aromatic heterocycles. The fourth-order valence-corrected chi connectivity index (χ4v) is 3.65. The molecule has 0 aliphatic heterocycles. The first-order valence-electron chi connectivity index (χ1n) is 10.8. The Balaban J connectivity index is 1.56. The van der Waals surface area contributed by atoms with Crippen LogP contribution < -0.4 is 16.2 Å². The van der Waals surface area contributed by atoms with Gasteiger partial charge in [0.2, 0.25) is 0 Å². The highest BCUT2D eigenvalue weighted by Crippen LogP contribution is 2.19. The molecule has 0 fully saturated rings. The molecule has 2 amide bonds. The number of aromatic nitrogens is 2. The van der Waals surface area contributed by atoms with Crippen molar-refractivity contribution in [3.05, 3.63) is 106 Å². The quantitative estimate of drug-likeness (QED) is 0.459. The summed E-state index contributed by atoms with van der Waals surface area (Å²) in [5.74, 6) is -0.767. The molecule has 0 bridgehead atoms. The number of carbonyl (C=O) groups excluding carboxylic acids is 2. The van der Waals surface area contributed by atoms with Gasteiger partial charge in [0.25, 0.3) is 17.4 Å². The molecule has 0 unspecified atom stereocenters. The van der Waals surface area contributed by atoms with Gasteiger partial charge in [-0.25, -0.2) is 4.68 Å². The maximum absolute atomic E-state index is 13.2. The monoisotopic (exact) mass is 440 g/mol. The van der Waals surface area contributed by atoms with E-state index in [-0.39, 0.29) is 17.2 Å². The number of rotatable bonds is 7. The minimum Gasteiger partial charge on any atom is -0.352 e. The van der Waals surface area contributed by atoms with Crippen LogP contribution in [0.25, 0.3) is 10.8 Å². The van der Waals surface area contributed by atoms with Crippen molar-refractivity contribution < 1.29 is 9.59 Å². The Morgan fingerprint density at radius 3 is 2.27 bits per heavy atom. The van der Waals surface area contributed by atoms with E-state index in [1.165, 1.54) is 4.68 Å². The van der Waals surface area contributed by atoms with Gasteiger partial charge in [-0.15, -0.1) is 0 Å². The number of amides is 2. The van der Waals surface area contributed by atoms with Gasteiger partial charge in [-0.2, -0.15) is 5.10 Å². The number of aryl methyl sites for hydroxylation is 1. The van der Waals surface area contributed by atoms with Crippen LogP contribution in [0.4, 0.5) is 5.69 Å². The van der Waals surface area contributed by atoms with Crippen LogP contribution in [0.15, 0.2) is 83.7 Å². The van der Waals surface area contributed by atoms with Crippen molar-refractivity contribution in [1.29, 1.82) is 0 Å². The molecule has 0 spiro atoms. The molecule has 166 valence electrons. The average molecular weight is 441 g/mol. The van der Waals surface area contributed by atoms with Crippen molar-refractivity contribution in [1.82, 2.24) is 15.1 Å². The Morgan fingerprint density at radius 2 is 1.52 bits per heavy atom. The van der Waals surface area contributed by atoms with Crippen LogP contribution in [0, 0.1) is 0 Å². The fourth-order valence-electron chi connectivity index (χ4n) is 3.65. The van der Waals surface area contributed by atoms with Crippen LogP contribution in [-0.2, 0) is 13.0 Å². The van der Waals surface area contributed by atoms with Crippen molar-refractivity contribution in [3.8, 4) is 0 Å². The third-order valence-corrected chi connectivity index (χ3v) is 5.34. The zero-order valence-corrected chi connectivity index (χ0v) is 18.2. The van der Waals surface area contributed by atoms with Crippen molar-refractivity contribution in [3.63, 3.8) is 0 Å². The minimum absolute atomic E-state index is 0.131. The lowest BCUT2D eigenvalue weighted by molar-refractivity contribution is 0.0955. The van der Waals surface area contributed by atoms with E-state index < -0.39 is 5.91 Å². The zero-order chi connectivity index (χ0) is 23.2. The Bertz CT molecular complexity index is 1360. The molecular formula is C26H24N4O3. The maximum atomic E-state index is 13.2. The van der Waals surface area contributed by atoms with Gasteiger partial charge in [-0.1, -0.05) is 60.7 Å². The summed E-state index contributed by atoms with van der Waals surface area (Å²) in [6.07, 6.45) is 0.704. The average Bonchev–Trinajstić information content (AvgIpc) is 2.85. The van der Waals surface area contributed by atoms with E-state index in [1.54, 1.807) is 55.5 Å². The van der Waals surface area contributed by atoms with Crippen LogP contribution >= 0.6 is 0 Å². The highest BCUT2D eigenvalue weighted by molar-refractivity contribution is 6.13. The number of hydrogen-bond acceptors (Lipinski definition) is 4. The summed E-state index contributed by atoms with van der Waals surface area (Å²) in [5.41, 5.74) is 1.74. The largest absolute Gasteiger partial charge is 0.352 e. The zero-order valence-electron chi connectivity index (χ0n) is 18.2. The smallest absolute Gasteiger partial charge is 0.276 e. The van der Waals surface area contributed by atoms with Gasteiger partial charge in [0.1, 0.15) is 0 Å². The van der Waals surface area contributed by atoms with Crippen LogP contribution in [-0.4, -0.2) is 28.1 Å². The van der Waals surface area contributed by atoms with E-state index in [9.17, 15) is 14.4 Å². The molecule has 33 heavy (non-hydrogen) atoms. The Hall–Kier alpha value is -4.26. The SMILES string of the molecule is CCn1nc(C(=O)Nc2ccccc2C(=O)NCCc2ccccc2)c2ccccc2c1=O. The molecule has 2 N–H and O–H groups in total. The molecule has 3 aromatic carbocycles. The van der Waals surface area contributed by atoms with Crippen molar-refractivity contribution in [2.45, 2.75) is 19.9 Å². The van der Waals surface area contributed by atoms with Gasteiger partial charge < -0.3 is 10.6 Å². The van der Waals surface area contributed by atoms with Crippen LogP contribution in [0.1, 0.15) is 33.3 Å². The summed E-state index contributed by atoms with van der Waals surface area (Å²) in [7, 11) is 0. The normalized spacial score (nSPS) is 10.7. The van der Waals surface area contributed by atoms with E-state index >= 15 is 0 Å². The van der Waals surface area contributed by atoms with E-state index in [4.69, 9.17) is 0 Å². The van der Waals surface area contributed by atoms with E-state index in [0.29, 0.717) is 41.5 Å². The lowest BCUT2D eigenvalue weighted by atomic mass is 10.1. The lowest BCUT2D eigenvalue weighted by Gasteiger charge is -2.13. The van der Waals surface area contributed by atoms with Crippen molar-refractivity contribution in [2.75, 3.05) is 11.9 Å². The highest BCUT2D eigenvalue weighted by atomic mass is 16.2. The number of benzene rings is 3. The molecule has 0 saturated heterocycles. The summed E-state index contributed by atoms with van der Waals surface area (Å²) < 4.78 is 1.26. The Kier molecular flexibility index (Phi) is 6.59. The molecular weight excluding hydrogens is 416 g/mol. The molecule has 0 radical (unpaired) electrons. The third kappa shape index (κ3) is 4.82. The predicted octanol–water partition coefficient (Wildman–Crippen LogP) is 3.64. The summed E-state index contributed by atoms with van der Waals surface area (Å²) >= 11 is 0. The standard InChI is InChI=1S/C26H24N4O3/c1-2-30-26(33)20-13-7-6-12-19(20)23(29-30)25(32)28-22-15-9-8-14-21(22)24(31)27-17-16-18-10-4-3-5-11-18/h3-15H,2,16-17H2,1H3,(H,27,31)(H,28,32). The van der Waals surface area contributed by atoms with Gasteiger partial charge >= 0.3 is 0 Å². The highest BCUT2D eigenvalue weighted by Gasteiger charge is 2.19. The van der Waals surface area contributed by atoms with Gasteiger partial charge in [0.15, 0.2) is 5.69 Å². The van der Waals surface area contributed by atoms with E-state index in [1.807, 2.05) is 30.3 Å². The first kappa shape index (κ1) is 22.0. The number of para-hydroxylation sites is 1. The molecule has 0 atom stereocenters. The Labute approximate surface area is 191 Å². The second-order valence-electron chi connectivity index (χ2n) is 7.51. The summed E-state index contributed by atoms with van der Waals surface area (Å²) in [5, 5.41) is 10.9. The summed E-state index contributed by atoms with van der Waals surface area (Å²) in [6.45, 7) is 2.60. The number of carbonyl (C=O) groups is 2. The molecule has 0 saturated carbocycles. The van der Waals surface area contributed by atoms with Gasteiger partial charge in [-0.3, -0.25) is 14.4 Å². The Morgan fingerprint density at radius 1 is 0.848 bits per heavy atom. The topological polar surface area (TPSA) is 93.1 Å². The molecule has 0 aliphatic carbocycles. The molecule has 4 aromatic rings. The van der Waals surface area contributed by atoms with Crippen LogP contribution in [0.5, 0.6) is 0 Å². The first-order valence-corrected chi connectivity index (χ1v) is 10.8. The van der Waals surface area contributed by atoms with Crippen molar-refractivity contribution >= 4 is 28.3 Å². The summed E-state index contributed by atoms with van der Waals surface area (Å²) in [4.78, 5) is 38.5. The molecule has 7 heteroatoms. The van der Waals surface area contributed by atoms with Gasteiger partial charge in [-0.05, 0) is 37.1 Å². The van der Waals surface area contributed by atoms with E-state index in [0.717, 1.165) is 5.56 Å². The number of fused-ring (bicyclic) bond motifs is 1. The number of nitrogens with zero attached hydrogens (tertiary/aromatic N) is 2. The van der Waals surface area contributed by atoms with Gasteiger partial charge in [0.05, 0.1) is 16.6 Å². The van der Waals surface area contributed by atoms with Crippen LogP contribution in [0.2, 0.25) is 0 Å². The number of hydrogen-bond donors (Lipinski definition) is 2. The lowest BCUT2D eigenvalue weighted by Crippen LogP contribution is -2.29. The van der Waals surface area contributed by atoms with Crippen LogP contribution in [0.3, 0.4) is 0 Å². The number of anilines is 1. The van der Waals surface area contributed by atoms with Crippen molar-refractivity contribution in [2.24, 2.45) is 0 Å². The van der Waals surface area contributed by atoms with E-state index in [2.05, 4.69) is 15.7 Å².